The Morgan fingerprint density at radius 1 is 1.35 bits per heavy atom. The summed E-state index contributed by atoms with van der Waals surface area (Å²) >= 11 is 0. The van der Waals surface area contributed by atoms with Gasteiger partial charge in [-0.25, -0.2) is 4.79 Å². The van der Waals surface area contributed by atoms with Crippen LogP contribution in [0.15, 0.2) is 36.5 Å². The molecule has 1 aromatic carbocycles. The Balaban J connectivity index is 1.88. The number of nitriles is 1. The third-order valence-corrected chi connectivity index (χ3v) is 4.39. The summed E-state index contributed by atoms with van der Waals surface area (Å²) in [5, 5.41) is 26.0. The number of carbonyl (C=O) groups is 2. The zero-order valence-corrected chi connectivity index (χ0v) is 13.9. The van der Waals surface area contributed by atoms with E-state index in [1.165, 1.54) is 11.1 Å². The molecule has 1 fully saturated rings. The van der Waals surface area contributed by atoms with Crippen LogP contribution in [0.1, 0.15) is 22.8 Å². The Morgan fingerprint density at radius 3 is 2.69 bits per heavy atom. The number of nitrogens with zero attached hydrogens (tertiary/aromatic N) is 4. The minimum absolute atomic E-state index is 0.101. The lowest BCUT2D eigenvalue weighted by molar-refractivity contribution is 0.100. The van der Waals surface area contributed by atoms with Crippen LogP contribution < -0.4 is 11.1 Å². The van der Waals surface area contributed by atoms with Gasteiger partial charge in [0.2, 0.25) is 0 Å². The maximum absolute atomic E-state index is 11.8. The molecule has 3 rings (SSSR count). The number of para-hydroxylation sites is 1. The predicted molar refractivity (Wildman–Crippen MR) is 92.8 cm³/mol. The maximum Gasteiger partial charge on any atom is 0.407 e. The monoisotopic (exact) mass is 354 g/mol. The van der Waals surface area contributed by atoms with Crippen LogP contribution in [0.4, 0.5) is 16.3 Å². The fourth-order valence-electron chi connectivity index (χ4n) is 3.05. The number of hydrogen-bond donors (Lipinski definition) is 3. The largest absolute Gasteiger partial charge is 0.465 e. The topological polar surface area (TPSA) is 137 Å². The first kappa shape index (κ1) is 17.3. The molecule has 2 amide bonds. The van der Waals surface area contributed by atoms with E-state index >= 15 is 0 Å². The lowest BCUT2D eigenvalue weighted by atomic mass is 9.94. The second-order valence-corrected chi connectivity index (χ2v) is 6.05. The zero-order valence-electron chi connectivity index (χ0n) is 13.9. The van der Waals surface area contributed by atoms with Crippen molar-refractivity contribution in [1.82, 2.24) is 14.7 Å². The van der Waals surface area contributed by atoms with E-state index in [1.807, 2.05) is 30.3 Å². The van der Waals surface area contributed by atoms with Crippen LogP contribution in [-0.2, 0) is 0 Å². The van der Waals surface area contributed by atoms with E-state index in [2.05, 4.69) is 16.5 Å². The number of benzene rings is 1. The number of hydrogen-bond acceptors (Lipinski definition) is 5. The first-order valence-electron chi connectivity index (χ1n) is 8.08. The summed E-state index contributed by atoms with van der Waals surface area (Å²) in [6.45, 7) is 0.398. The molecule has 4 N–H and O–H groups in total. The van der Waals surface area contributed by atoms with Gasteiger partial charge < -0.3 is 21.1 Å². The Hall–Kier alpha value is -3.54. The summed E-state index contributed by atoms with van der Waals surface area (Å²) in [7, 11) is 0. The number of rotatable bonds is 4. The highest BCUT2D eigenvalue weighted by Gasteiger charge is 2.34. The van der Waals surface area contributed by atoms with Crippen molar-refractivity contribution in [3.8, 4) is 6.07 Å². The predicted octanol–water partition coefficient (Wildman–Crippen LogP) is 1.79. The molecule has 0 saturated carbocycles. The van der Waals surface area contributed by atoms with E-state index in [0.29, 0.717) is 18.8 Å². The van der Waals surface area contributed by atoms with Gasteiger partial charge in [-0.3, -0.25) is 9.48 Å². The number of anilines is 2. The van der Waals surface area contributed by atoms with Crippen LogP contribution in [0, 0.1) is 17.2 Å². The molecule has 134 valence electrons. The average molecular weight is 354 g/mol. The van der Waals surface area contributed by atoms with Gasteiger partial charge >= 0.3 is 6.09 Å². The van der Waals surface area contributed by atoms with Gasteiger partial charge in [0.1, 0.15) is 5.56 Å². The zero-order chi connectivity index (χ0) is 18.7. The minimum Gasteiger partial charge on any atom is -0.465 e. The third kappa shape index (κ3) is 3.44. The van der Waals surface area contributed by atoms with Crippen molar-refractivity contribution < 1.29 is 14.7 Å². The number of aromatic nitrogens is 2. The molecule has 0 radical (unpaired) electrons. The minimum atomic E-state index is -1.05. The molecule has 26 heavy (non-hydrogen) atoms. The van der Waals surface area contributed by atoms with Crippen molar-refractivity contribution in [2.75, 3.05) is 18.4 Å². The second-order valence-electron chi connectivity index (χ2n) is 6.05. The molecular weight excluding hydrogens is 336 g/mol. The van der Waals surface area contributed by atoms with E-state index in [4.69, 9.17) is 10.8 Å². The number of primary amides is 1. The van der Waals surface area contributed by atoms with Gasteiger partial charge in [0, 0.05) is 25.0 Å². The Bertz CT molecular complexity index is 857. The summed E-state index contributed by atoms with van der Waals surface area (Å²) in [6, 6.07) is 11.0. The molecule has 0 bridgehead atoms. The van der Waals surface area contributed by atoms with Crippen molar-refractivity contribution in [3.05, 3.63) is 42.1 Å². The fraction of sp³-hybridized carbons (Fsp3) is 0.294. The third-order valence-electron chi connectivity index (χ3n) is 4.39. The van der Waals surface area contributed by atoms with Crippen molar-refractivity contribution in [2.45, 2.75) is 12.5 Å². The van der Waals surface area contributed by atoms with Crippen molar-refractivity contribution in [2.24, 2.45) is 11.7 Å². The van der Waals surface area contributed by atoms with Crippen LogP contribution in [0.2, 0.25) is 0 Å². The smallest absolute Gasteiger partial charge is 0.407 e. The number of nitrogens with one attached hydrogen (secondary N) is 1. The summed E-state index contributed by atoms with van der Waals surface area (Å²) in [5.41, 5.74) is 6.42. The van der Waals surface area contributed by atoms with E-state index < -0.39 is 17.9 Å². The lowest BCUT2D eigenvalue weighted by Crippen LogP contribution is -2.43. The van der Waals surface area contributed by atoms with Crippen molar-refractivity contribution >= 4 is 23.5 Å². The van der Waals surface area contributed by atoms with Gasteiger partial charge in [-0.1, -0.05) is 18.2 Å². The SMILES string of the molecule is N#C[C@@H]1CN(C(=O)O)CC[C@@H]1n1cc(C(N)=O)c(Nc2ccccc2)n1. The lowest BCUT2D eigenvalue weighted by Gasteiger charge is -2.33. The fourth-order valence-corrected chi connectivity index (χ4v) is 3.05. The van der Waals surface area contributed by atoms with Crippen LogP contribution in [0.25, 0.3) is 0 Å². The van der Waals surface area contributed by atoms with Gasteiger partial charge in [0.05, 0.1) is 18.0 Å². The van der Waals surface area contributed by atoms with Crippen molar-refractivity contribution in [3.63, 3.8) is 0 Å². The molecule has 2 aromatic rings. The molecule has 0 aliphatic carbocycles. The summed E-state index contributed by atoms with van der Waals surface area (Å²) in [4.78, 5) is 24.1. The molecule has 9 heteroatoms. The highest BCUT2D eigenvalue weighted by Crippen LogP contribution is 2.30. The highest BCUT2D eigenvalue weighted by molar-refractivity contribution is 5.98. The molecule has 1 aromatic heterocycles. The van der Waals surface area contributed by atoms with Gasteiger partial charge in [0.25, 0.3) is 5.91 Å². The summed E-state index contributed by atoms with van der Waals surface area (Å²) in [6.07, 6.45) is 0.891. The Morgan fingerprint density at radius 2 is 2.08 bits per heavy atom. The Labute approximate surface area is 149 Å². The van der Waals surface area contributed by atoms with Gasteiger partial charge in [-0.15, -0.1) is 0 Å². The summed E-state index contributed by atoms with van der Waals surface area (Å²) < 4.78 is 1.54. The van der Waals surface area contributed by atoms with Crippen LogP contribution >= 0.6 is 0 Å². The van der Waals surface area contributed by atoms with Gasteiger partial charge in [0.15, 0.2) is 5.82 Å². The first-order valence-corrected chi connectivity index (χ1v) is 8.08. The molecule has 1 aliphatic rings. The number of nitrogens with two attached hydrogens (primary N) is 1. The van der Waals surface area contributed by atoms with E-state index in [0.717, 1.165) is 5.69 Å². The standard InChI is InChI=1S/C17H18N6O3/c18-8-11-9-22(17(25)26)7-6-14(11)23-10-13(15(19)24)16(21-23)20-12-4-2-1-3-5-12/h1-5,10-11,14H,6-7,9H2,(H2,19,24)(H,20,21)(H,25,26)/t11-,14+/m1/s1. The number of carboxylic acid groups (broad SMARTS) is 1. The van der Waals surface area contributed by atoms with Crippen LogP contribution in [0.5, 0.6) is 0 Å². The molecule has 1 saturated heterocycles. The van der Waals surface area contributed by atoms with Crippen molar-refractivity contribution in [1.29, 1.82) is 5.26 Å². The first-order chi connectivity index (χ1) is 12.5. The number of carbonyl (C=O) groups excluding carboxylic acids is 1. The quantitative estimate of drug-likeness (QED) is 0.765. The molecule has 1 aliphatic heterocycles. The summed E-state index contributed by atoms with van der Waals surface area (Å²) in [5.74, 6) is -0.891. The second kappa shape index (κ2) is 7.14. The Kier molecular flexibility index (Phi) is 4.75. The molecule has 9 nitrogen and oxygen atoms in total. The average Bonchev–Trinajstić information content (AvgIpc) is 3.05. The van der Waals surface area contributed by atoms with Gasteiger partial charge in [-0.2, -0.15) is 10.4 Å². The maximum atomic E-state index is 11.8. The van der Waals surface area contributed by atoms with E-state index in [9.17, 15) is 14.9 Å². The molecule has 2 heterocycles. The van der Waals surface area contributed by atoms with Crippen LogP contribution in [-0.4, -0.2) is 44.9 Å². The van der Waals surface area contributed by atoms with E-state index in [-0.39, 0.29) is 18.2 Å². The highest BCUT2D eigenvalue weighted by atomic mass is 16.4. The van der Waals surface area contributed by atoms with Crippen LogP contribution in [0.3, 0.4) is 0 Å². The molecular formula is C17H18N6O3. The normalized spacial score (nSPS) is 19.6. The van der Waals surface area contributed by atoms with E-state index in [1.54, 1.807) is 4.68 Å². The van der Waals surface area contributed by atoms with Gasteiger partial charge in [-0.05, 0) is 18.6 Å². The number of piperidine rings is 1. The number of amides is 2. The molecule has 2 atom stereocenters. The molecule has 0 unspecified atom stereocenters. The molecule has 0 spiro atoms. The number of likely N-dealkylation sites (tertiary alicyclic amines) is 1.